The molecule has 0 bridgehead atoms. The third kappa shape index (κ3) is 3.24. The number of hydrogen-bond donors (Lipinski definition) is 1. The molecule has 1 aliphatic heterocycles. The van der Waals surface area contributed by atoms with Crippen molar-refractivity contribution in [3.8, 4) is 0 Å². The van der Waals surface area contributed by atoms with Crippen LogP contribution in [0.15, 0.2) is 24.3 Å². The highest BCUT2D eigenvalue weighted by Crippen LogP contribution is 2.34. The van der Waals surface area contributed by atoms with Gasteiger partial charge in [0.2, 0.25) is 0 Å². The number of nitrogens with one attached hydrogen (secondary N) is 1. The lowest BCUT2D eigenvalue weighted by molar-refractivity contribution is 0.0611. The molecule has 0 amide bonds. The van der Waals surface area contributed by atoms with Crippen LogP contribution in [-0.4, -0.2) is 30.1 Å². The summed E-state index contributed by atoms with van der Waals surface area (Å²) < 4.78 is 0. The highest BCUT2D eigenvalue weighted by atomic mass is 15.2. The SMILES string of the molecule is CCNC(c1ccccc1C)C(C)(C)N1CCCCC1. The molecule has 1 unspecified atom stereocenters. The Bertz CT molecular complexity index is 419. The maximum atomic E-state index is 3.74. The Morgan fingerprint density at radius 1 is 1.15 bits per heavy atom. The zero-order valence-corrected chi connectivity index (χ0v) is 13.6. The number of likely N-dealkylation sites (N-methyl/N-ethyl adjacent to an activating group) is 1. The van der Waals surface area contributed by atoms with Crippen molar-refractivity contribution in [1.29, 1.82) is 0 Å². The predicted octanol–water partition coefficient (Wildman–Crippen LogP) is 3.91. The van der Waals surface area contributed by atoms with E-state index in [0.29, 0.717) is 6.04 Å². The fraction of sp³-hybridized carbons (Fsp3) is 0.667. The van der Waals surface area contributed by atoms with E-state index in [9.17, 15) is 0 Å². The number of hydrogen-bond acceptors (Lipinski definition) is 2. The van der Waals surface area contributed by atoms with Gasteiger partial charge in [-0.2, -0.15) is 0 Å². The second-order valence-electron chi connectivity index (χ2n) is 6.55. The van der Waals surface area contributed by atoms with Gasteiger partial charge in [0.15, 0.2) is 0 Å². The van der Waals surface area contributed by atoms with E-state index in [4.69, 9.17) is 0 Å². The van der Waals surface area contributed by atoms with Crippen molar-refractivity contribution in [1.82, 2.24) is 10.2 Å². The molecular formula is C18H30N2. The van der Waals surface area contributed by atoms with Gasteiger partial charge in [0.05, 0.1) is 6.04 Å². The van der Waals surface area contributed by atoms with Crippen LogP contribution in [-0.2, 0) is 0 Å². The third-order valence-electron chi connectivity index (χ3n) is 4.79. The van der Waals surface area contributed by atoms with Crippen LogP contribution >= 0.6 is 0 Å². The molecular weight excluding hydrogens is 244 g/mol. The van der Waals surface area contributed by atoms with Crippen LogP contribution in [0.5, 0.6) is 0 Å². The summed E-state index contributed by atoms with van der Waals surface area (Å²) in [4.78, 5) is 2.68. The topological polar surface area (TPSA) is 15.3 Å². The molecule has 0 saturated carbocycles. The van der Waals surface area contributed by atoms with Crippen LogP contribution in [0.3, 0.4) is 0 Å². The second-order valence-corrected chi connectivity index (χ2v) is 6.55. The molecule has 2 heteroatoms. The van der Waals surface area contributed by atoms with Gasteiger partial charge in [-0.1, -0.05) is 37.6 Å². The van der Waals surface area contributed by atoms with Gasteiger partial charge in [0.1, 0.15) is 0 Å². The van der Waals surface area contributed by atoms with Gasteiger partial charge in [-0.15, -0.1) is 0 Å². The van der Waals surface area contributed by atoms with Gasteiger partial charge in [0, 0.05) is 5.54 Å². The van der Waals surface area contributed by atoms with Crippen LogP contribution in [0.2, 0.25) is 0 Å². The normalized spacial score (nSPS) is 19.0. The van der Waals surface area contributed by atoms with Crippen LogP contribution in [0.4, 0.5) is 0 Å². The zero-order chi connectivity index (χ0) is 14.6. The van der Waals surface area contributed by atoms with Gasteiger partial charge in [-0.3, -0.25) is 4.90 Å². The van der Waals surface area contributed by atoms with Crippen molar-refractivity contribution in [2.45, 2.75) is 58.5 Å². The maximum Gasteiger partial charge on any atom is 0.0504 e. The molecule has 1 atom stereocenters. The van der Waals surface area contributed by atoms with Crippen molar-refractivity contribution < 1.29 is 0 Å². The van der Waals surface area contributed by atoms with Crippen molar-refractivity contribution in [3.63, 3.8) is 0 Å². The first-order valence-corrected chi connectivity index (χ1v) is 8.11. The first kappa shape index (κ1) is 15.5. The van der Waals surface area contributed by atoms with Crippen molar-refractivity contribution in [2.24, 2.45) is 0 Å². The lowest BCUT2D eigenvalue weighted by atomic mass is 9.83. The number of aryl methyl sites for hydroxylation is 1. The first-order chi connectivity index (χ1) is 9.57. The average molecular weight is 274 g/mol. The van der Waals surface area contributed by atoms with E-state index in [1.54, 1.807) is 0 Å². The quantitative estimate of drug-likeness (QED) is 0.875. The molecule has 1 aliphatic rings. The first-order valence-electron chi connectivity index (χ1n) is 8.11. The molecule has 1 heterocycles. The average Bonchev–Trinajstić information content (AvgIpc) is 2.46. The summed E-state index contributed by atoms with van der Waals surface area (Å²) in [6.07, 6.45) is 4.08. The Labute approximate surface area is 124 Å². The Kier molecular flexibility index (Phi) is 5.22. The molecule has 0 spiro atoms. The Hall–Kier alpha value is -0.860. The minimum Gasteiger partial charge on any atom is -0.309 e. The minimum absolute atomic E-state index is 0.155. The summed E-state index contributed by atoms with van der Waals surface area (Å²) in [6, 6.07) is 9.21. The molecule has 1 fully saturated rings. The van der Waals surface area contributed by atoms with E-state index in [1.165, 1.54) is 43.5 Å². The molecule has 20 heavy (non-hydrogen) atoms. The molecule has 1 N–H and O–H groups in total. The van der Waals surface area contributed by atoms with E-state index >= 15 is 0 Å². The van der Waals surface area contributed by atoms with Crippen LogP contribution in [0.1, 0.15) is 57.2 Å². The highest BCUT2D eigenvalue weighted by Gasteiger charge is 2.36. The number of piperidine rings is 1. The second kappa shape index (κ2) is 6.73. The van der Waals surface area contributed by atoms with E-state index in [1.807, 2.05) is 0 Å². The molecule has 1 saturated heterocycles. The molecule has 0 aromatic heterocycles. The summed E-state index contributed by atoms with van der Waals surface area (Å²) in [6.45, 7) is 12.7. The fourth-order valence-corrected chi connectivity index (χ4v) is 3.51. The van der Waals surface area contributed by atoms with E-state index in [-0.39, 0.29) is 5.54 Å². The molecule has 2 rings (SSSR count). The van der Waals surface area contributed by atoms with Gasteiger partial charge < -0.3 is 5.32 Å². The molecule has 0 radical (unpaired) electrons. The van der Waals surface area contributed by atoms with Gasteiger partial charge in [-0.25, -0.2) is 0 Å². The third-order valence-corrected chi connectivity index (χ3v) is 4.79. The van der Waals surface area contributed by atoms with Crippen LogP contribution < -0.4 is 5.32 Å². The fourth-order valence-electron chi connectivity index (χ4n) is 3.51. The highest BCUT2D eigenvalue weighted by molar-refractivity contribution is 5.31. The number of rotatable bonds is 5. The Morgan fingerprint density at radius 3 is 2.40 bits per heavy atom. The number of likely N-dealkylation sites (tertiary alicyclic amines) is 1. The van der Waals surface area contributed by atoms with Crippen molar-refractivity contribution in [2.75, 3.05) is 19.6 Å². The molecule has 1 aromatic carbocycles. The molecule has 1 aromatic rings. The standard InChI is InChI=1S/C18H30N2/c1-5-19-17(16-12-8-7-11-15(16)2)18(3,4)20-13-9-6-10-14-20/h7-8,11-12,17,19H,5-6,9-10,13-14H2,1-4H3. The maximum absolute atomic E-state index is 3.74. The predicted molar refractivity (Wildman–Crippen MR) is 87.1 cm³/mol. The van der Waals surface area contributed by atoms with E-state index < -0.39 is 0 Å². The van der Waals surface area contributed by atoms with Crippen LogP contribution in [0.25, 0.3) is 0 Å². The molecule has 112 valence electrons. The summed E-state index contributed by atoms with van der Waals surface area (Å²) in [5.74, 6) is 0. The summed E-state index contributed by atoms with van der Waals surface area (Å²) in [7, 11) is 0. The zero-order valence-electron chi connectivity index (χ0n) is 13.6. The van der Waals surface area contributed by atoms with E-state index in [2.05, 4.69) is 62.2 Å². The van der Waals surface area contributed by atoms with Crippen LogP contribution in [0, 0.1) is 6.92 Å². The van der Waals surface area contributed by atoms with Gasteiger partial charge in [0.25, 0.3) is 0 Å². The van der Waals surface area contributed by atoms with E-state index in [0.717, 1.165) is 6.54 Å². The van der Waals surface area contributed by atoms with Crippen molar-refractivity contribution >= 4 is 0 Å². The Morgan fingerprint density at radius 2 is 1.80 bits per heavy atom. The lowest BCUT2D eigenvalue weighted by Gasteiger charge is -2.46. The smallest absolute Gasteiger partial charge is 0.0504 e. The lowest BCUT2D eigenvalue weighted by Crippen LogP contribution is -2.54. The largest absolute Gasteiger partial charge is 0.309 e. The number of benzene rings is 1. The minimum atomic E-state index is 0.155. The summed E-state index contributed by atoms with van der Waals surface area (Å²) >= 11 is 0. The monoisotopic (exact) mass is 274 g/mol. The number of nitrogens with zero attached hydrogens (tertiary/aromatic N) is 1. The Balaban J connectivity index is 2.29. The summed E-state index contributed by atoms with van der Waals surface area (Å²) in [5, 5.41) is 3.74. The van der Waals surface area contributed by atoms with Crippen molar-refractivity contribution in [3.05, 3.63) is 35.4 Å². The van der Waals surface area contributed by atoms with Gasteiger partial charge >= 0.3 is 0 Å². The summed E-state index contributed by atoms with van der Waals surface area (Å²) in [5.41, 5.74) is 3.00. The molecule has 0 aliphatic carbocycles. The van der Waals surface area contributed by atoms with Gasteiger partial charge in [-0.05, 0) is 64.4 Å². The molecule has 2 nitrogen and oxygen atoms in total.